The molecule has 0 spiro atoms. The Kier molecular flexibility index (Phi) is 7.25. The number of amides is 2. The molecule has 1 aromatic rings. The van der Waals surface area contributed by atoms with Gasteiger partial charge in [0.15, 0.2) is 0 Å². The molecule has 1 rings (SSSR count). The molecule has 0 aliphatic rings. The van der Waals surface area contributed by atoms with Crippen LogP contribution in [-0.2, 0) is 9.53 Å². The lowest BCUT2D eigenvalue weighted by atomic mass is 10.2. The van der Waals surface area contributed by atoms with E-state index in [2.05, 4.69) is 5.32 Å². The monoisotopic (exact) mass is 294 g/mol. The zero-order valence-corrected chi connectivity index (χ0v) is 12.5. The van der Waals surface area contributed by atoms with Gasteiger partial charge in [-0.3, -0.25) is 9.69 Å². The Bertz CT molecular complexity index is 459. The van der Waals surface area contributed by atoms with Gasteiger partial charge in [-0.1, -0.05) is 17.7 Å². The number of benzene rings is 1. The molecule has 21 heavy (non-hydrogen) atoms. The number of hydrogen-bond donors (Lipinski definition) is 2. The first-order valence-electron chi connectivity index (χ1n) is 6.96. The van der Waals surface area contributed by atoms with Gasteiger partial charge < -0.3 is 15.2 Å². The SMILES string of the molecule is CCOCCCNC(=O)N(CC(=O)O)c1ccc(C)cc1. The van der Waals surface area contributed by atoms with E-state index >= 15 is 0 Å². The second-order valence-corrected chi connectivity index (χ2v) is 4.60. The highest BCUT2D eigenvalue weighted by molar-refractivity contribution is 5.96. The Morgan fingerprint density at radius 2 is 1.95 bits per heavy atom. The lowest BCUT2D eigenvalue weighted by Gasteiger charge is -2.21. The maximum atomic E-state index is 12.1. The number of carbonyl (C=O) groups excluding carboxylic acids is 1. The molecule has 0 saturated carbocycles. The summed E-state index contributed by atoms with van der Waals surface area (Å²) in [4.78, 5) is 24.2. The molecule has 0 unspecified atom stereocenters. The van der Waals surface area contributed by atoms with Crippen LogP contribution in [0.2, 0.25) is 0 Å². The van der Waals surface area contributed by atoms with E-state index in [9.17, 15) is 9.59 Å². The quantitative estimate of drug-likeness (QED) is 0.719. The molecule has 0 aliphatic heterocycles. The standard InChI is InChI=1S/C15H22N2O4/c1-3-21-10-4-9-16-15(20)17(11-14(18)19)13-7-5-12(2)6-8-13/h5-8H,3-4,9-11H2,1-2H3,(H,16,20)(H,18,19). The number of carbonyl (C=O) groups is 2. The molecule has 0 atom stereocenters. The van der Waals surface area contributed by atoms with Crippen LogP contribution in [0.5, 0.6) is 0 Å². The third-order valence-corrected chi connectivity index (χ3v) is 2.83. The van der Waals surface area contributed by atoms with Crippen molar-refractivity contribution in [2.75, 3.05) is 31.2 Å². The van der Waals surface area contributed by atoms with Crippen molar-refractivity contribution >= 4 is 17.7 Å². The fourth-order valence-electron chi connectivity index (χ4n) is 1.75. The topological polar surface area (TPSA) is 78.9 Å². The highest BCUT2D eigenvalue weighted by atomic mass is 16.5. The van der Waals surface area contributed by atoms with Gasteiger partial charge in [0.05, 0.1) is 0 Å². The van der Waals surface area contributed by atoms with E-state index in [0.29, 0.717) is 31.9 Å². The van der Waals surface area contributed by atoms with Gasteiger partial charge in [0.25, 0.3) is 0 Å². The van der Waals surface area contributed by atoms with Gasteiger partial charge in [-0.25, -0.2) is 4.79 Å². The lowest BCUT2D eigenvalue weighted by Crippen LogP contribution is -2.43. The van der Waals surface area contributed by atoms with Crippen LogP contribution in [0.1, 0.15) is 18.9 Å². The zero-order valence-electron chi connectivity index (χ0n) is 12.5. The highest BCUT2D eigenvalue weighted by Crippen LogP contribution is 2.15. The molecule has 2 amide bonds. The van der Waals surface area contributed by atoms with Crippen LogP contribution >= 0.6 is 0 Å². The number of ether oxygens (including phenoxy) is 1. The molecule has 0 heterocycles. The number of carboxylic acid groups (broad SMARTS) is 1. The van der Waals surface area contributed by atoms with E-state index in [1.165, 1.54) is 4.90 Å². The third-order valence-electron chi connectivity index (χ3n) is 2.83. The van der Waals surface area contributed by atoms with E-state index in [0.717, 1.165) is 5.56 Å². The highest BCUT2D eigenvalue weighted by Gasteiger charge is 2.18. The number of rotatable bonds is 8. The smallest absolute Gasteiger partial charge is 0.323 e. The van der Waals surface area contributed by atoms with Crippen molar-refractivity contribution in [1.82, 2.24) is 5.32 Å². The summed E-state index contributed by atoms with van der Waals surface area (Å²) >= 11 is 0. The van der Waals surface area contributed by atoms with E-state index in [1.807, 2.05) is 26.0 Å². The Morgan fingerprint density at radius 3 is 2.52 bits per heavy atom. The van der Waals surface area contributed by atoms with Gasteiger partial charge in [-0.2, -0.15) is 0 Å². The molecule has 1 aromatic carbocycles. The molecule has 0 fully saturated rings. The number of urea groups is 1. The molecule has 0 bridgehead atoms. The first kappa shape index (κ1) is 17.0. The van der Waals surface area contributed by atoms with Gasteiger partial charge >= 0.3 is 12.0 Å². The first-order chi connectivity index (χ1) is 10.0. The molecule has 0 aromatic heterocycles. The molecule has 0 saturated heterocycles. The van der Waals surface area contributed by atoms with Crippen LogP contribution in [-0.4, -0.2) is 43.4 Å². The van der Waals surface area contributed by atoms with Gasteiger partial charge in [0, 0.05) is 25.4 Å². The number of nitrogens with one attached hydrogen (secondary N) is 1. The average molecular weight is 294 g/mol. The van der Waals surface area contributed by atoms with Crippen molar-refractivity contribution in [1.29, 1.82) is 0 Å². The Morgan fingerprint density at radius 1 is 1.29 bits per heavy atom. The van der Waals surface area contributed by atoms with Gasteiger partial charge in [-0.05, 0) is 32.4 Å². The number of nitrogens with zero attached hydrogens (tertiary/aromatic N) is 1. The fourth-order valence-corrected chi connectivity index (χ4v) is 1.75. The molecular weight excluding hydrogens is 272 g/mol. The largest absolute Gasteiger partial charge is 0.480 e. The minimum absolute atomic E-state index is 0.375. The summed E-state index contributed by atoms with van der Waals surface area (Å²) in [5.41, 5.74) is 1.61. The lowest BCUT2D eigenvalue weighted by molar-refractivity contribution is -0.135. The normalized spacial score (nSPS) is 10.2. The number of carboxylic acids is 1. The zero-order chi connectivity index (χ0) is 15.7. The van der Waals surface area contributed by atoms with E-state index < -0.39 is 12.0 Å². The van der Waals surface area contributed by atoms with Crippen molar-refractivity contribution in [3.63, 3.8) is 0 Å². The number of anilines is 1. The second-order valence-electron chi connectivity index (χ2n) is 4.60. The number of aryl methyl sites for hydroxylation is 1. The van der Waals surface area contributed by atoms with E-state index in [1.54, 1.807) is 12.1 Å². The fraction of sp³-hybridized carbons (Fsp3) is 0.467. The summed E-state index contributed by atoms with van der Waals surface area (Å²) in [5.74, 6) is -1.06. The first-order valence-corrected chi connectivity index (χ1v) is 6.96. The summed E-state index contributed by atoms with van der Waals surface area (Å²) in [5, 5.41) is 11.7. The maximum Gasteiger partial charge on any atom is 0.323 e. The van der Waals surface area contributed by atoms with Gasteiger partial charge in [-0.15, -0.1) is 0 Å². The molecular formula is C15H22N2O4. The Hall–Kier alpha value is -2.08. The van der Waals surface area contributed by atoms with Gasteiger partial charge in [0.1, 0.15) is 6.54 Å². The predicted molar refractivity (Wildman–Crippen MR) is 80.7 cm³/mol. The summed E-state index contributed by atoms with van der Waals surface area (Å²) in [6.07, 6.45) is 0.689. The van der Waals surface area contributed by atoms with E-state index in [4.69, 9.17) is 9.84 Å². The van der Waals surface area contributed by atoms with Crippen molar-refractivity contribution in [2.24, 2.45) is 0 Å². The Balaban J connectivity index is 2.62. The summed E-state index contributed by atoms with van der Waals surface area (Å²) in [6.45, 7) is 5.12. The summed E-state index contributed by atoms with van der Waals surface area (Å²) in [7, 11) is 0. The van der Waals surface area contributed by atoms with Crippen LogP contribution in [0.4, 0.5) is 10.5 Å². The van der Waals surface area contributed by atoms with Crippen LogP contribution in [0.15, 0.2) is 24.3 Å². The summed E-state index contributed by atoms with van der Waals surface area (Å²) in [6, 6.07) is 6.73. The second kappa shape index (κ2) is 8.97. The minimum Gasteiger partial charge on any atom is -0.480 e. The minimum atomic E-state index is -1.06. The van der Waals surface area contributed by atoms with Crippen molar-refractivity contribution in [3.05, 3.63) is 29.8 Å². The Labute approximate surface area is 124 Å². The van der Waals surface area contributed by atoms with Crippen molar-refractivity contribution in [3.8, 4) is 0 Å². The van der Waals surface area contributed by atoms with Crippen LogP contribution in [0.25, 0.3) is 0 Å². The van der Waals surface area contributed by atoms with Crippen LogP contribution in [0, 0.1) is 6.92 Å². The molecule has 2 N–H and O–H groups in total. The molecule has 116 valence electrons. The average Bonchev–Trinajstić information content (AvgIpc) is 2.45. The van der Waals surface area contributed by atoms with Crippen LogP contribution < -0.4 is 10.2 Å². The molecule has 0 aliphatic carbocycles. The molecule has 6 heteroatoms. The molecule has 6 nitrogen and oxygen atoms in total. The van der Waals surface area contributed by atoms with Crippen molar-refractivity contribution < 1.29 is 19.4 Å². The number of aliphatic carboxylic acids is 1. The summed E-state index contributed by atoms with van der Waals surface area (Å²) < 4.78 is 5.18. The number of hydrogen-bond acceptors (Lipinski definition) is 3. The van der Waals surface area contributed by atoms with E-state index in [-0.39, 0.29) is 6.54 Å². The van der Waals surface area contributed by atoms with Crippen molar-refractivity contribution in [2.45, 2.75) is 20.3 Å². The molecule has 0 radical (unpaired) electrons. The van der Waals surface area contributed by atoms with Crippen LogP contribution in [0.3, 0.4) is 0 Å². The maximum absolute atomic E-state index is 12.1. The predicted octanol–water partition coefficient (Wildman–Crippen LogP) is 2.02. The van der Waals surface area contributed by atoms with Gasteiger partial charge in [0.2, 0.25) is 0 Å². The third kappa shape index (κ3) is 6.27.